The van der Waals surface area contributed by atoms with Crippen LogP contribution < -0.4 is 10.6 Å². The Balaban J connectivity index is 3.26. The third-order valence-electron chi connectivity index (χ3n) is 6.43. The Hall–Kier alpha value is -2.19. The number of hydrogen-bond acceptors (Lipinski definition) is 6. The predicted molar refractivity (Wildman–Crippen MR) is 143 cm³/mol. The molecular formula is C27H45N3O4S. The fourth-order valence-electron chi connectivity index (χ4n) is 4.16. The molecule has 8 heteroatoms. The Morgan fingerprint density at radius 2 is 1.74 bits per heavy atom. The maximum Gasteiger partial charge on any atom is 0.333 e. The van der Waals surface area contributed by atoms with Crippen LogP contribution in [0.25, 0.3) is 0 Å². The van der Waals surface area contributed by atoms with E-state index in [4.69, 9.17) is 4.74 Å². The molecule has 1 heterocycles. The molecule has 3 atom stereocenters. The minimum absolute atomic E-state index is 0.0484. The first-order chi connectivity index (χ1) is 16.1. The molecule has 0 aromatic carbocycles. The zero-order chi connectivity index (χ0) is 27.1. The largest absolute Gasteiger partial charge is 0.463 e. The molecule has 0 radical (unpaired) electrons. The molecule has 0 fully saturated rings. The normalized spacial score (nSPS) is 15.4. The van der Waals surface area contributed by atoms with E-state index in [1.54, 1.807) is 50.3 Å². The highest BCUT2D eigenvalue weighted by molar-refractivity contribution is 7.08. The number of nitrogens with one attached hydrogen (secondary N) is 2. The first-order valence-corrected chi connectivity index (χ1v) is 13.2. The maximum absolute atomic E-state index is 13.8. The van der Waals surface area contributed by atoms with Crippen molar-refractivity contribution in [2.24, 2.45) is 11.3 Å². The van der Waals surface area contributed by atoms with Gasteiger partial charge in [0.1, 0.15) is 6.04 Å². The molecular weight excluding hydrogens is 462 g/mol. The van der Waals surface area contributed by atoms with Gasteiger partial charge in [0.05, 0.1) is 18.7 Å². The van der Waals surface area contributed by atoms with Crippen LogP contribution in [0, 0.1) is 11.3 Å². The molecule has 0 saturated carbocycles. The molecule has 198 valence electrons. The average Bonchev–Trinajstić information content (AvgIpc) is 3.30. The van der Waals surface area contributed by atoms with Crippen molar-refractivity contribution in [3.05, 3.63) is 34.0 Å². The van der Waals surface area contributed by atoms with Crippen molar-refractivity contribution in [3.8, 4) is 0 Å². The van der Waals surface area contributed by atoms with Crippen LogP contribution in [0.15, 0.2) is 28.5 Å². The van der Waals surface area contributed by atoms with Crippen molar-refractivity contribution in [1.82, 2.24) is 15.5 Å². The zero-order valence-electron chi connectivity index (χ0n) is 23.3. The lowest BCUT2D eigenvalue weighted by Gasteiger charge is -2.39. The number of esters is 1. The summed E-state index contributed by atoms with van der Waals surface area (Å²) in [4.78, 5) is 41.1. The van der Waals surface area contributed by atoms with Crippen molar-refractivity contribution in [2.75, 3.05) is 20.7 Å². The van der Waals surface area contributed by atoms with Gasteiger partial charge in [0.2, 0.25) is 11.8 Å². The van der Waals surface area contributed by atoms with Gasteiger partial charge in [-0.3, -0.25) is 9.59 Å². The maximum atomic E-state index is 13.8. The molecule has 1 aromatic rings. The van der Waals surface area contributed by atoms with Crippen LogP contribution in [0.5, 0.6) is 0 Å². The lowest BCUT2D eigenvalue weighted by atomic mass is 9.78. The predicted octanol–water partition coefficient (Wildman–Crippen LogP) is 4.14. The summed E-state index contributed by atoms with van der Waals surface area (Å²) in [5.74, 6) is -0.787. The van der Waals surface area contributed by atoms with Gasteiger partial charge < -0.3 is 20.3 Å². The van der Waals surface area contributed by atoms with Crippen LogP contribution in [0.3, 0.4) is 0 Å². The highest BCUT2D eigenvalue weighted by Gasteiger charge is 2.41. The topological polar surface area (TPSA) is 87.7 Å². The Labute approximate surface area is 215 Å². The van der Waals surface area contributed by atoms with E-state index in [0.29, 0.717) is 5.57 Å². The molecule has 0 spiro atoms. The van der Waals surface area contributed by atoms with E-state index in [0.717, 1.165) is 5.56 Å². The summed E-state index contributed by atoms with van der Waals surface area (Å²) in [6.07, 6.45) is 1.78. The number of rotatable bonds is 11. The number of ether oxygens (including phenoxy) is 1. The average molecular weight is 508 g/mol. The minimum Gasteiger partial charge on any atom is -0.463 e. The summed E-state index contributed by atoms with van der Waals surface area (Å²) >= 11 is 1.59. The molecule has 0 bridgehead atoms. The van der Waals surface area contributed by atoms with Crippen LogP contribution in [-0.2, 0) is 24.5 Å². The van der Waals surface area contributed by atoms with Gasteiger partial charge in [0, 0.05) is 18.0 Å². The van der Waals surface area contributed by atoms with Crippen molar-refractivity contribution in [3.63, 3.8) is 0 Å². The Morgan fingerprint density at radius 1 is 1.14 bits per heavy atom. The van der Waals surface area contributed by atoms with E-state index in [2.05, 4.69) is 10.6 Å². The summed E-state index contributed by atoms with van der Waals surface area (Å²) in [7, 11) is 3.48. The SMILES string of the molecule is CCOC(=O)C(C)=C[C@H](C(C)C)N(C)C(=O)[C@@H](NC(=O)[C@H](NC)C(C)(C)c1ccsc1)C(C)(C)C. The van der Waals surface area contributed by atoms with Crippen LogP contribution in [0.1, 0.15) is 67.9 Å². The van der Waals surface area contributed by atoms with Gasteiger partial charge in [0.15, 0.2) is 0 Å². The molecule has 7 nitrogen and oxygen atoms in total. The van der Waals surface area contributed by atoms with E-state index >= 15 is 0 Å². The number of likely N-dealkylation sites (N-methyl/N-ethyl adjacent to an activating group) is 2. The van der Waals surface area contributed by atoms with Gasteiger partial charge in [-0.2, -0.15) is 11.3 Å². The Morgan fingerprint density at radius 3 is 2.17 bits per heavy atom. The van der Waals surface area contributed by atoms with Gasteiger partial charge in [-0.25, -0.2) is 4.79 Å². The van der Waals surface area contributed by atoms with Crippen molar-refractivity contribution in [2.45, 2.75) is 85.9 Å². The van der Waals surface area contributed by atoms with Crippen molar-refractivity contribution >= 4 is 29.1 Å². The third kappa shape index (κ3) is 7.90. The number of amides is 2. The number of carbonyl (C=O) groups excluding carboxylic acids is 3. The molecule has 35 heavy (non-hydrogen) atoms. The number of hydrogen-bond donors (Lipinski definition) is 2. The third-order valence-corrected chi connectivity index (χ3v) is 7.12. The quantitative estimate of drug-likeness (QED) is 0.347. The Kier molecular flexibility index (Phi) is 11.2. The van der Waals surface area contributed by atoms with Crippen LogP contribution >= 0.6 is 11.3 Å². The highest BCUT2D eigenvalue weighted by Crippen LogP contribution is 2.30. The van der Waals surface area contributed by atoms with E-state index in [1.807, 2.05) is 65.3 Å². The monoisotopic (exact) mass is 507 g/mol. The molecule has 0 saturated heterocycles. The lowest BCUT2D eigenvalue weighted by Crippen LogP contribution is -2.61. The first kappa shape index (κ1) is 30.8. The molecule has 1 aromatic heterocycles. The Bertz CT molecular complexity index is 885. The van der Waals surface area contributed by atoms with Crippen molar-refractivity contribution < 1.29 is 19.1 Å². The second kappa shape index (κ2) is 12.7. The van der Waals surface area contributed by atoms with Gasteiger partial charge in [-0.1, -0.05) is 54.5 Å². The second-order valence-electron chi connectivity index (χ2n) is 11.0. The number of thiophene rings is 1. The second-order valence-corrected chi connectivity index (χ2v) is 11.8. The summed E-state index contributed by atoms with van der Waals surface area (Å²) in [6, 6.07) is 0.392. The van der Waals surface area contributed by atoms with E-state index in [1.165, 1.54) is 0 Å². The fourth-order valence-corrected chi connectivity index (χ4v) is 5.00. The van der Waals surface area contributed by atoms with Crippen LogP contribution in [0.2, 0.25) is 0 Å². The first-order valence-electron chi connectivity index (χ1n) is 12.2. The molecule has 0 unspecified atom stereocenters. The van der Waals surface area contributed by atoms with Gasteiger partial charge in [-0.05, 0) is 54.6 Å². The van der Waals surface area contributed by atoms with Gasteiger partial charge in [-0.15, -0.1) is 0 Å². The summed E-state index contributed by atoms with van der Waals surface area (Å²) < 4.78 is 5.11. The van der Waals surface area contributed by atoms with Crippen LogP contribution in [0.4, 0.5) is 0 Å². The molecule has 0 aliphatic heterocycles. The van der Waals surface area contributed by atoms with Crippen LogP contribution in [-0.4, -0.2) is 61.5 Å². The van der Waals surface area contributed by atoms with Crippen molar-refractivity contribution in [1.29, 1.82) is 0 Å². The zero-order valence-corrected chi connectivity index (χ0v) is 24.1. The summed E-state index contributed by atoms with van der Waals surface area (Å²) in [5.41, 5.74) is 0.505. The number of carbonyl (C=O) groups is 3. The minimum atomic E-state index is -0.758. The summed E-state index contributed by atoms with van der Waals surface area (Å²) in [5, 5.41) is 10.2. The summed E-state index contributed by atoms with van der Waals surface area (Å²) in [6.45, 7) is 17.6. The fraction of sp³-hybridized carbons (Fsp3) is 0.667. The van der Waals surface area contributed by atoms with Gasteiger partial charge >= 0.3 is 5.97 Å². The standard InChI is InChI=1S/C27H45N3O4S/c1-12-34-25(33)18(4)15-20(17(2)3)30(11)24(32)22(26(5,6)7)29-23(31)21(28-10)27(8,9)19-13-14-35-16-19/h13-17,20-22,28H,12H2,1-11H3,(H,29,31)/t20-,21+,22-/m1/s1. The lowest BCUT2D eigenvalue weighted by molar-refractivity contribution is -0.141. The highest BCUT2D eigenvalue weighted by atomic mass is 32.1. The molecule has 1 rings (SSSR count). The molecule has 0 aliphatic carbocycles. The number of nitrogens with zero attached hydrogens (tertiary/aromatic N) is 1. The molecule has 2 amide bonds. The molecule has 2 N–H and O–H groups in total. The smallest absolute Gasteiger partial charge is 0.333 e. The van der Waals surface area contributed by atoms with Gasteiger partial charge in [0.25, 0.3) is 0 Å². The van der Waals surface area contributed by atoms with E-state index in [9.17, 15) is 14.4 Å². The van der Waals surface area contributed by atoms with E-state index in [-0.39, 0.29) is 30.4 Å². The molecule has 0 aliphatic rings. The van der Waals surface area contributed by atoms with E-state index < -0.39 is 28.9 Å².